The van der Waals surface area contributed by atoms with Crippen LogP contribution in [-0.2, 0) is 6.54 Å². The number of nitrogens with zero attached hydrogens (tertiary/aromatic N) is 7. The van der Waals surface area contributed by atoms with E-state index in [4.69, 9.17) is 4.74 Å². The lowest BCUT2D eigenvalue weighted by molar-refractivity contribution is 0.149. The van der Waals surface area contributed by atoms with E-state index in [0.717, 1.165) is 23.2 Å². The van der Waals surface area contributed by atoms with Crippen LogP contribution in [-0.4, -0.2) is 80.1 Å². The maximum Gasteiger partial charge on any atom is 0.244 e. The first-order valence-corrected chi connectivity index (χ1v) is 10.9. The SMILES string of the molecule is COc1nc(N[C@H]2CCN(C)C[C@H]2F)nn2ccc(-c3ccc4nnn(C[C@H](C)F)c4c3)c12. The molecular weight excluding hydrogens is 430 g/mol. The Balaban J connectivity index is 1.51. The van der Waals surface area contributed by atoms with Gasteiger partial charge in [-0.3, -0.25) is 0 Å². The smallest absolute Gasteiger partial charge is 0.244 e. The second-order valence-electron chi connectivity index (χ2n) is 8.54. The molecule has 1 saturated heterocycles. The predicted octanol–water partition coefficient (Wildman–Crippen LogP) is 2.96. The first-order chi connectivity index (χ1) is 15.9. The van der Waals surface area contributed by atoms with Gasteiger partial charge >= 0.3 is 0 Å². The van der Waals surface area contributed by atoms with E-state index in [2.05, 4.69) is 25.7 Å². The number of fused-ring (bicyclic) bond motifs is 2. The minimum Gasteiger partial charge on any atom is -0.479 e. The third-order valence-electron chi connectivity index (χ3n) is 5.98. The first-order valence-electron chi connectivity index (χ1n) is 10.9. The molecule has 3 aromatic heterocycles. The zero-order valence-electron chi connectivity index (χ0n) is 18.7. The van der Waals surface area contributed by atoms with Gasteiger partial charge in [-0.2, -0.15) is 4.98 Å². The highest BCUT2D eigenvalue weighted by Crippen LogP contribution is 2.33. The number of hydrogen-bond donors (Lipinski definition) is 1. The number of benzene rings is 1. The van der Waals surface area contributed by atoms with E-state index in [1.165, 1.54) is 6.92 Å². The molecule has 33 heavy (non-hydrogen) atoms. The van der Waals surface area contributed by atoms with Crippen LogP contribution in [0.4, 0.5) is 14.7 Å². The molecule has 174 valence electrons. The molecule has 5 rings (SSSR count). The molecule has 11 heteroatoms. The minimum atomic E-state index is -1.04. The fourth-order valence-corrected chi connectivity index (χ4v) is 4.32. The van der Waals surface area contributed by atoms with Crippen molar-refractivity contribution in [1.82, 2.24) is 34.5 Å². The molecule has 0 aliphatic carbocycles. The van der Waals surface area contributed by atoms with Crippen molar-refractivity contribution in [3.8, 4) is 17.0 Å². The quantitative estimate of drug-likeness (QED) is 0.477. The summed E-state index contributed by atoms with van der Waals surface area (Å²) in [5.74, 6) is 0.688. The molecule has 1 fully saturated rings. The maximum atomic E-state index is 14.5. The van der Waals surface area contributed by atoms with Gasteiger partial charge in [0.15, 0.2) is 0 Å². The van der Waals surface area contributed by atoms with Gasteiger partial charge in [-0.15, -0.1) is 10.2 Å². The molecule has 1 aromatic carbocycles. The van der Waals surface area contributed by atoms with Gasteiger partial charge in [0, 0.05) is 24.8 Å². The number of alkyl halides is 2. The van der Waals surface area contributed by atoms with E-state index in [0.29, 0.717) is 35.8 Å². The number of methoxy groups -OCH3 is 1. The highest BCUT2D eigenvalue weighted by molar-refractivity contribution is 5.89. The fraction of sp³-hybridized carbons (Fsp3) is 0.455. The van der Waals surface area contributed by atoms with Crippen LogP contribution >= 0.6 is 0 Å². The number of piperidine rings is 1. The molecule has 9 nitrogen and oxygen atoms in total. The molecule has 1 aliphatic heterocycles. The number of likely N-dealkylation sites (tertiary alicyclic amines) is 1. The summed E-state index contributed by atoms with van der Waals surface area (Å²) in [5.41, 5.74) is 3.84. The molecule has 4 aromatic rings. The van der Waals surface area contributed by atoms with E-state index in [1.54, 1.807) is 16.3 Å². The summed E-state index contributed by atoms with van der Waals surface area (Å²) >= 11 is 0. The van der Waals surface area contributed by atoms with E-state index < -0.39 is 12.3 Å². The van der Waals surface area contributed by atoms with Crippen molar-refractivity contribution in [3.63, 3.8) is 0 Å². The van der Waals surface area contributed by atoms with E-state index in [9.17, 15) is 8.78 Å². The van der Waals surface area contributed by atoms with Crippen LogP contribution in [0.15, 0.2) is 30.5 Å². The molecule has 1 aliphatic rings. The highest BCUT2D eigenvalue weighted by Gasteiger charge is 2.28. The second kappa shape index (κ2) is 8.54. The van der Waals surface area contributed by atoms with Gasteiger partial charge in [-0.1, -0.05) is 11.3 Å². The Morgan fingerprint density at radius 2 is 2.15 bits per heavy atom. The van der Waals surface area contributed by atoms with Crippen molar-refractivity contribution in [1.29, 1.82) is 0 Å². The number of hydrogen-bond acceptors (Lipinski definition) is 7. The van der Waals surface area contributed by atoms with Crippen LogP contribution in [0.3, 0.4) is 0 Å². The van der Waals surface area contributed by atoms with Crippen molar-refractivity contribution in [3.05, 3.63) is 30.5 Å². The van der Waals surface area contributed by atoms with Gasteiger partial charge in [0.25, 0.3) is 0 Å². The van der Waals surface area contributed by atoms with Crippen molar-refractivity contribution in [2.24, 2.45) is 0 Å². The number of nitrogens with one attached hydrogen (secondary N) is 1. The Hall–Kier alpha value is -3.34. The molecule has 4 heterocycles. The molecule has 0 radical (unpaired) electrons. The minimum absolute atomic E-state index is 0.129. The molecule has 1 N–H and O–H groups in total. The monoisotopic (exact) mass is 456 g/mol. The summed E-state index contributed by atoms with van der Waals surface area (Å²) in [5, 5.41) is 15.9. The predicted molar refractivity (Wildman–Crippen MR) is 121 cm³/mol. The third kappa shape index (κ3) is 4.08. The summed E-state index contributed by atoms with van der Waals surface area (Å²) in [6.45, 7) is 2.80. The standard InChI is InChI=1S/C22H26F2N8O/c1-13(23)11-32-19-10-14(4-5-18(19)27-29-32)15-6-9-31-20(15)21(33-3)26-22(28-31)25-17-7-8-30(2)12-16(17)24/h4-6,9-10,13,16-17H,7-8,11-12H2,1-3H3,(H,25,28)/t13-,16+,17-/m0/s1. The molecule has 0 saturated carbocycles. The van der Waals surface area contributed by atoms with E-state index in [-0.39, 0.29) is 12.6 Å². The van der Waals surface area contributed by atoms with Crippen molar-refractivity contribution >= 4 is 22.5 Å². The lowest BCUT2D eigenvalue weighted by atomic mass is 10.0. The van der Waals surface area contributed by atoms with Crippen LogP contribution in [0.1, 0.15) is 13.3 Å². The molecule has 0 unspecified atom stereocenters. The molecule has 0 bridgehead atoms. The van der Waals surface area contributed by atoms with Crippen LogP contribution in [0.25, 0.3) is 27.7 Å². The first kappa shape index (κ1) is 21.5. The lowest BCUT2D eigenvalue weighted by Gasteiger charge is -2.32. The van der Waals surface area contributed by atoms with Crippen LogP contribution < -0.4 is 10.1 Å². The zero-order valence-corrected chi connectivity index (χ0v) is 18.7. The Labute approximate surface area is 189 Å². The second-order valence-corrected chi connectivity index (χ2v) is 8.54. The van der Waals surface area contributed by atoms with Crippen molar-refractivity contribution in [2.45, 2.75) is 38.3 Å². The molecule has 0 spiro atoms. The number of aromatic nitrogens is 6. The Morgan fingerprint density at radius 3 is 2.91 bits per heavy atom. The average molecular weight is 457 g/mol. The number of anilines is 1. The largest absolute Gasteiger partial charge is 0.479 e. The number of rotatable bonds is 6. The molecule has 0 amide bonds. The lowest BCUT2D eigenvalue weighted by Crippen LogP contribution is -2.46. The summed E-state index contributed by atoms with van der Waals surface area (Å²) in [4.78, 5) is 6.48. The van der Waals surface area contributed by atoms with Crippen molar-refractivity contribution in [2.75, 3.05) is 32.6 Å². The van der Waals surface area contributed by atoms with Gasteiger partial charge in [0.2, 0.25) is 11.8 Å². The Kier molecular flexibility index (Phi) is 5.57. The van der Waals surface area contributed by atoms with Gasteiger partial charge < -0.3 is 15.0 Å². The molecule has 3 atom stereocenters. The van der Waals surface area contributed by atoms with Crippen LogP contribution in [0, 0.1) is 0 Å². The third-order valence-corrected chi connectivity index (χ3v) is 5.98. The summed E-state index contributed by atoms with van der Waals surface area (Å²) in [6, 6.07) is 7.26. The van der Waals surface area contributed by atoms with Gasteiger partial charge in [0.05, 0.1) is 25.2 Å². The fourth-order valence-electron chi connectivity index (χ4n) is 4.32. The summed E-state index contributed by atoms with van der Waals surface area (Å²) in [6.07, 6.45) is 0.427. The highest BCUT2D eigenvalue weighted by atomic mass is 19.1. The number of ether oxygens (including phenoxy) is 1. The zero-order chi connectivity index (χ0) is 23.1. The summed E-state index contributed by atoms with van der Waals surface area (Å²) in [7, 11) is 3.45. The summed E-state index contributed by atoms with van der Waals surface area (Å²) < 4.78 is 36.9. The van der Waals surface area contributed by atoms with Gasteiger partial charge in [0.1, 0.15) is 23.4 Å². The van der Waals surface area contributed by atoms with Gasteiger partial charge in [-0.05, 0) is 44.2 Å². The Morgan fingerprint density at radius 1 is 1.30 bits per heavy atom. The Bertz CT molecular complexity index is 1290. The molecular formula is C22H26F2N8O. The van der Waals surface area contributed by atoms with Crippen LogP contribution in [0.2, 0.25) is 0 Å². The van der Waals surface area contributed by atoms with E-state index >= 15 is 0 Å². The number of halogens is 2. The maximum absolute atomic E-state index is 14.5. The van der Waals surface area contributed by atoms with Crippen molar-refractivity contribution < 1.29 is 13.5 Å². The average Bonchev–Trinajstić information content (AvgIpc) is 3.39. The van der Waals surface area contributed by atoms with Crippen LogP contribution in [0.5, 0.6) is 5.88 Å². The topological polar surface area (TPSA) is 85.4 Å². The van der Waals surface area contributed by atoms with E-state index in [1.807, 2.05) is 42.4 Å². The normalized spacial score (nSPS) is 20.4. The van der Waals surface area contributed by atoms with Gasteiger partial charge in [-0.25, -0.2) is 18.0 Å².